The fourth-order valence-electron chi connectivity index (χ4n) is 4.10. The van der Waals surface area contributed by atoms with E-state index in [1.807, 2.05) is 18.2 Å². The second-order valence-corrected chi connectivity index (χ2v) is 9.50. The lowest BCUT2D eigenvalue weighted by Crippen LogP contribution is -2.09. The number of H-pyrrole nitrogens is 1. The van der Waals surface area contributed by atoms with Crippen LogP contribution in [0.5, 0.6) is 11.5 Å². The molecule has 0 fully saturated rings. The molecule has 2 aromatic carbocycles. The molecule has 1 N–H and O–H groups in total. The highest BCUT2D eigenvalue weighted by molar-refractivity contribution is 6.34. The zero-order valence-corrected chi connectivity index (χ0v) is 23.3. The molecule has 4 heterocycles. The second kappa shape index (κ2) is 11.8. The molecule has 4 aromatic heterocycles. The van der Waals surface area contributed by atoms with Crippen molar-refractivity contribution >= 4 is 56.3 Å². The average Bonchev–Trinajstić information content (AvgIpc) is 2.98. The van der Waals surface area contributed by atoms with E-state index in [0.717, 1.165) is 21.9 Å². The zero-order chi connectivity index (χ0) is 28.2. The molecule has 0 atom stereocenters. The van der Waals surface area contributed by atoms with Crippen LogP contribution in [0.15, 0.2) is 78.1 Å². The number of pyridine rings is 2. The molecule has 12 heteroatoms. The van der Waals surface area contributed by atoms with Crippen LogP contribution in [-0.2, 0) is 0 Å². The van der Waals surface area contributed by atoms with Crippen molar-refractivity contribution < 1.29 is 9.47 Å². The van der Waals surface area contributed by atoms with E-state index in [9.17, 15) is 4.79 Å². The Morgan fingerprint density at radius 3 is 1.82 bits per heavy atom. The topological polar surface area (TPSA) is 116 Å². The van der Waals surface area contributed by atoms with Crippen LogP contribution in [0.3, 0.4) is 0 Å². The van der Waals surface area contributed by atoms with Gasteiger partial charge in [0.15, 0.2) is 5.15 Å². The van der Waals surface area contributed by atoms with E-state index in [-0.39, 0.29) is 5.56 Å². The summed E-state index contributed by atoms with van der Waals surface area (Å²) in [4.78, 5) is 19.8. The minimum absolute atomic E-state index is 0.273. The Morgan fingerprint density at radius 2 is 1.23 bits per heavy atom. The lowest BCUT2D eigenvalue weighted by atomic mass is 10.1. The van der Waals surface area contributed by atoms with Crippen molar-refractivity contribution in [1.82, 2.24) is 30.4 Å². The Bertz CT molecular complexity index is 1920. The third kappa shape index (κ3) is 5.40. The molecule has 0 unspecified atom stereocenters. The number of benzene rings is 2. The van der Waals surface area contributed by atoms with Gasteiger partial charge in [-0.1, -0.05) is 34.8 Å². The lowest BCUT2D eigenvalue weighted by Gasteiger charge is -2.10. The van der Waals surface area contributed by atoms with E-state index in [1.165, 1.54) is 6.20 Å². The minimum atomic E-state index is -0.273. The second-order valence-electron chi connectivity index (χ2n) is 8.27. The molecule has 0 aliphatic carbocycles. The SMILES string of the molecule is COc1cc(Cl)ccc1-c1n[nH]c(=O)c2cnccc12.COc1cc(Cl)ccc1-c1nnc(Cl)c2cnccc12. The number of nitrogens with one attached hydrogen (secondary N) is 1. The highest BCUT2D eigenvalue weighted by atomic mass is 35.5. The van der Waals surface area contributed by atoms with E-state index >= 15 is 0 Å². The number of hydrogen-bond donors (Lipinski definition) is 1. The first-order valence-electron chi connectivity index (χ1n) is 11.7. The van der Waals surface area contributed by atoms with Gasteiger partial charge >= 0.3 is 0 Å². The maximum absolute atomic E-state index is 11.8. The van der Waals surface area contributed by atoms with Gasteiger partial charge in [-0.15, -0.1) is 10.2 Å². The number of aromatic nitrogens is 6. The van der Waals surface area contributed by atoms with Gasteiger partial charge in [0.2, 0.25) is 0 Å². The molecule has 6 rings (SSSR count). The van der Waals surface area contributed by atoms with Gasteiger partial charge in [0.05, 0.1) is 19.6 Å². The Morgan fingerprint density at radius 1 is 0.675 bits per heavy atom. The molecule has 0 spiro atoms. The number of rotatable bonds is 4. The van der Waals surface area contributed by atoms with E-state index < -0.39 is 0 Å². The molecule has 0 amide bonds. The fraction of sp³-hybridized carbons (Fsp3) is 0.0714. The lowest BCUT2D eigenvalue weighted by molar-refractivity contribution is 0.416. The van der Waals surface area contributed by atoms with Crippen molar-refractivity contribution in [1.29, 1.82) is 0 Å². The summed E-state index contributed by atoms with van der Waals surface area (Å²) < 4.78 is 10.7. The Balaban J connectivity index is 0.000000161. The monoisotopic (exact) mass is 592 g/mol. The van der Waals surface area contributed by atoms with Crippen LogP contribution in [-0.4, -0.2) is 44.6 Å². The van der Waals surface area contributed by atoms with E-state index in [2.05, 4.69) is 30.4 Å². The quantitative estimate of drug-likeness (QED) is 0.241. The summed E-state index contributed by atoms with van der Waals surface area (Å²) in [5.74, 6) is 1.22. The summed E-state index contributed by atoms with van der Waals surface area (Å²) in [6.07, 6.45) is 6.49. The number of ether oxygens (including phenoxy) is 2. The summed E-state index contributed by atoms with van der Waals surface area (Å²) in [7, 11) is 3.15. The molecule has 0 radical (unpaired) electrons. The Kier molecular flexibility index (Phi) is 8.06. The maximum Gasteiger partial charge on any atom is 0.273 e. The number of methoxy groups -OCH3 is 2. The zero-order valence-electron chi connectivity index (χ0n) is 21.0. The highest BCUT2D eigenvalue weighted by Crippen LogP contribution is 2.36. The van der Waals surface area contributed by atoms with Crippen molar-refractivity contribution in [2.75, 3.05) is 14.2 Å². The largest absolute Gasteiger partial charge is 0.496 e. The highest BCUT2D eigenvalue weighted by Gasteiger charge is 2.15. The predicted molar refractivity (Wildman–Crippen MR) is 156 cm³/mol. The van der Waals surface area contributed by atoms with Crippen LogP contribution in [0.2, 0.25) is 15.2 Å². The number of nitrogens with zero attached hydrogens (tertiary/aromatic N) is 5. The van der Waals surface area contributed by atoms with Crippen molar-refractivity contribution in [2.45, 2.75) is 0 Å². The summed E-state index contributed by atoms with van der Waals surface area (Å²) in [6, 6.07) is 14.2. The van der Waals surface area contributed by atoms with Gasteiger partial charge in [0.1, 0.15) is 22.9 Å². The van der Waals surface area contributed by atoms with Gasteiger partial charge in [-0.05, 0) is 48.5 Å². The van der Waals surface area contributed by atoms with Crippen LogP contribution in [0.25, 0.3) is 44.1 Å². The molecule has 40 heavy (non-hydrogen) atoms. The summed E-state index contributed by atoms with van der Waals surface area (Å²) >= 11 is 18.0. The first kappa shape index (κ1) is 27.3. The van der Waals surface area contributed by atoms with Crippen molar-refractivity contribution in [2.24, 2.45) is 0 Å². The smallest absolute Gasteiger partial charge is 0.273 e. The Labute approximate surface area is 242 Å². The Hall–Kier alpha value is -4.31. The van der Waals surface area contributed by atoms with E-state index in [0.29, 0.717) is 48.9 Å². The van der Waals surface area contributed by atoms with Gasteiger partial charge in [-0.3, -0.25) is 14.8 Å². The first-order valence-corrected chi connectivity index (χ1v) is 12.8. The maximum atomic E-state index is 11.8. The molecular weight excluding hydrogens is 575 g/mol. The van der Waals surface area contributed by atoms with Crippen LogP contribution in [0, 0.1) is 0 Å². The summed E-state index contributed by atoms with van der Waals surface area (Å²) in [6.45, 7) is 0. The normalized spacial score (nSPS) is 10.7. The number of hydrogen-bond acceptors (Lipinski definition) is 8. The number of fused-ring (bicyclic) bond motifs is 2. The molecule has 9 nitrogen and oxygen atoms in total. The van der Waals surface area contributed by atoms with Crippen molar-refractivity contribution in [3.05, 3.63) is 98.9 Å². The number of aromatic amines is 1. The molecular formula is C28H19Cl3N6O3. The third-order valence-electron chi connectivity index (χ3n) is 5.96. The van der Waals surface area contributed by atoms with Crippen LogP contribution < -0.4 is 15.0 Å². The molecule has 6 aromatic rings. The predicted octanol–water partition coefficient (Wildman–Crippen LogP) is 6.65. The fourth-order valence-corrected chi connectivity index (χ4v) is 4.61. The van der Waals surface area contributed by atoms with Gasteiger partial charge in [0.25, 0.3) is 5.56 Å². The molecule has 200 valence electrons. The van der Waals surface area contributed by atoms with Crippen LogP contribution in [0.1, 0.15) is 0 Å². The third-order valence-corrected chi connectivity index (χ3v) is 6.71. The molecule has 0 saturated carbocycles. The minimum Gasteiger partial charge on any atom is -0.496 e. The first-order chi connectivity index (χ1) is 19.4. The van der Waals surface area contributed by atoms with Crippen LogP contribution >= 0.6 is 34.8 Å². The average molecular weight is 594 g/mol. The van der Waals surface area contributed by atoms with Crippen molar-refractivity contribution in [3.8, 4) is 34.0 Å². The van der Waals surface area contributed by atoms with Crippen molar-refractivity contribution in [3.63, 3.8) is 0 Å². The summed E-state index contributed by atoms with van der Waals surface area (Å²) in [5, 5.41) is 19.0. The molecule has 0 aliphatic heterocycles. The van der Waals surface area contributed by atoms with E-state index in [4.69, 9.17) is 44.3 Å². The van der Waals surface area contributed by atoms with Gasteiger partial charge in [-0.25, -0.2) is 5.10 Å². The standard InChI is InChI=1S/C14H9Cl2N3O.C14H10ClN3O2/c1-20-12-6-8(15)2-3-10(12)13-9-4-5-17-7-11(9)14(16)19-18-13;1-20-12-6-8(15)2-3-10(12)13-9-4-5-16-7-11(9)14(19)18-17-13/h2-7H,1H3;2-7H,1H3,(H,18,19). The summed E-state index contributed by atoms with van der Waals surface area (Å²) in [5.41, 5.74) is 2.59. The number of halogens is 3. The van der Waals surface area contributed by atoms with Gasteiger partial charge < -0.3 is 9.47 Å². The molecule has 0 bridgehead atoms. The van der Waals surface area contributed by atoms with E-state index in [1.54, 1.807) is 63.1 Å². The van der Waals surface area contributed by atoms with Gasteiger partial charge in [0, 0.05) is 62.1 Å². The van der Waals surface area contributed by atoms with Crippen LogP contribution in [0.4, 0.5) is 0 Å². The molecule has 0 saturated heterocycles. The molecule has 0 aliphatic rings. The van der Waals surface area contributed by atoms with Gasteiger partial charge in [-0.2, -0.15) is 5.10 Å².